The first-order valence-electron chi connectivity index (χ1n) is 10.6. The number of ketones is 1. The van der Waals surface area contributed by atoms with Crippen LogP contribution in [0.2, 0.25) is 0 Å². The van der Waals surface area contributed by atoms with Crippen molar-refractivity contribution >= 4 is 11.9 Å². The molecule has 3 rings (SSSR count). The lowest BCUT2D eigenvalue weighted by Crippen LogP contribution is -2.44. The first kappa shape index (κ1) is 22.9. The first-order valence-corrected chi connectivity index (χ1v) is 10.6. The van der Waals surface area contributed by atoms with Crippen molar-refractivity contribution in [2.45, 2.75) is 65.0 Å². The zero-order valence-electron chi connectivity index (χ0n) is 18.7. The van der Waals surface area contributed by atoms with E-state index >= 15 is 0 Å². The molecule has 0 spiro atoms. The van der Waals surface area contributed by atoms with Crippen molar-refractivity contribution < 1.29 is 23.1 Å². The quantitative estimate of drug-likeness (QED) is 0.653. The van der Waals surface area contributed by atoms with Gasteiger partial charge >= 0.3 is 6.09 Å². The molecule has 0 aliphatic heterocycles. The highest BCUT2D eigenvalue weighted by atomic mass is 19.1. The fourth-order valence-corrected chi connectivity index (χ4v) is 4.02. The Kier molecular flexibility index (Phi) is 6.48. The molecule has 2 aromatic carbocycles. The molecule has 1 aliphatic rings. The van der Waals surface area contributed by atoms with Crippen LogP contribution < -0.4 is 0 Å². The number of Topliss-reactive ketones (excluding diaryl/α,β-unsaturated/α-hetero) is 1. The molecule has 4 nitrogen and oxygen atoms in total. The predicted octanol–water partition coefficient (Wildman–Crippen LogP) is 5.41. The lowest BCUT2D eigenvalue weighted by Gasteiger charge is -2.31. The minimum absolute atomic E-state index is 0.219. The van der Waals surface area contributed by atoms with Crippen molar-refractivity contribution in [3.8, 4) is 0 Å². The number of benzene rings is 2. The summed E-state index contributed by atoms with van der Waals surface area (Å²) in [5.41, 5.74) is 1.19. The van der Waals surface area contributed by atoms with E-state index in [-0.39, 0.29) is 18.4 Å². The van der Waals surface area contributed by atoms with Gasteiger partial charge in [0, 0.05) is 6.04 Å². The van der Waals surface area contributed by atoms with Crippen molar-refractivity contribution in [2.24, 2.45) is 0 Å². The van der Waals surface area contributed by atoms with Gasteiger partial charge < -0.3 is 4.74 Å². The van der Waals surface area contributed by atoms with Gasteiger partial charge in [-0.15, -0.1) is 0 Å². The topological polar surface area (TPSA) is 46.6 Å². The van der Waals surface area contributed by atoms with Crippen molar-refractivity contribution in [2.75, 3.05) is 6.54 Å². The highest BCUT2D eigenvalue weighted by Gasteiger charge is 2.34. The van der Waals surface area contributed by atoms with Crippen LogP contribution in [-0.2, 0) is 22.4 Å². The van der Waals surface area contributed by atoms with Gasteiger partial charge in [0.15, 0.2) is 5.78 Å². The minimum Gasteiger partial charge on any atom is -0.444 e. The molecule has 0 aromatic heterocycles. The Hall–Kier alpha value is -2.76. The largest absolute Gasteiger partial charge is 0.444 e. The normalized spacial score (nSPS) is 13.9. The van der Waals surface area contributed by atoms with Crippen molar-refractivity contribution in [3.05, 3.63) is 70.3 Å². The van der Waals surface area contributed by atoms with E-state index < -0.39 is 29.2 Å². The molecule has 6 heteroatoms. The molecule has 0 atom stereocenters. The van der Waals surface area contributed by atoms with Gasteiger partial charge in [-0.2, -0.15) is 0 Å². The van der Waals surface area contributed by atoms with E-state index in [0.29, 0.717) is 35.1 Å². The smallest absolute Gasteiger partial charge is 0.410 e. The van der Waals surface area contributed by atoms with E-state index in [1.54, 1.807) is 58.9 Å². The Morgan fingerprint density at radius 3 is 1.90 bits per heavy atom. The van der Waals surface area contributed by atoms with Crippen LogP contribution in [0, 0.1) is 11.6 Å². The molecular weight excluding hydrogens is 400 g/mol. The van der Waals surface area contributed by atoms with E-state index in [1.165, 1.54) is 17.0 Å². The Bertz CT molecular complexity index is 941. The maximum atomic E-state index is 14.6. The second kappa shape index (κ2) is 8.77. The van der Waals surface area contributed by atoms with Gasteiger partial charge in [0.2, 0.25) is 0 Å². The average molecular weight is 430 g/mol. The zero-order valence-corrected chi connectivity index (χ0v) is 18.7. The van der Waals surface area contributed by atoms with Gasteiger partial charge in [-0.05, 0) is 81.8 Å². The molecule has 0 N–H and O–H groups in total. The van der Waals surface area contributed by atoms with E-state index in [2.05, 4.69) is 0 Å². The molecule has 0 saturated carbocycles. The molecule has 1 aliphatic carbocycles. The SMILES string of the molecule is CC(C)N(CC(=O)C1c2cccc(F)c2CCc2c(F)cccc21)C(=O)OC(C)(C)C. The fourth-order valence-electron chi connectivity index (χ4n) is 4.02. The Morgan fingerprint density at radius 2 is 1.48 bits per heavy atom. The highest BCUT2D eigenvalue weighted by Crippen LogP contribution is 2.37. The Labute approximate surface area is 182 Å². The molecule has 0 unspecified atom stereocenters. The third-order valence-electron chi connectivity index (χ3n) is 5.46. The summed E-state index contributed by atoms with van der Waals surface area (Å²) in [6, 6.07) is 8.98. The number of fused-ring (bicyclic) bond motifs is 2. The summed E-state index contributed by atoms with van der Waals surface area (Å²) in [7, 11) is 0. The maximum Gasteiger partial charge on any atom is 0.410 e. The molecule has 0 saturated heterocycles. The molecule has 0 radical (unpaired) electrons. The molecule has 0 bridgehead atoms. The van der Waals surface area contributed by atoms with Crippen LogP contribution in [-0.4, -0.2) is 35.0 Å². The predicted molar refractivity (Wildman–Crippen MR) is 115 cm³/mol. The van der Waals surface area contributed by atoms with Crippen LogP contribution in [0.25, 0.3) is 0 Å². The van der Waals surface area contributed by atoms with Crippen molar-refractivity contribution in [1.82, 2.24) is 4.90 Å². The van der Waals surface area contributed by atoms with Gasteiger partial charge in [-0.3, -0.25) is 9.69 Å². The van der Waals surface area contributed by atoms with Gasteiger partial charge in [0.05, 0.1) is 12.5 Å². The van der Waals surface area contributed by atoms with Crippen molar-refractivity contribution in [3.63, 3.8) is 0 Å². The summed E-state index contributed by atoms with van der Waals surface area (Å²) >= 11 is 0. The zero-order chi connectivity index (χ0) is 22.9. The average Bonchev–Trinajstić information content (AvgIpc) is 2.82. The van der Waals surface area contributed by atoms with Crippen LogP contribution in [0.5, 0.6) is 0 Å². The van der Waals surface area contributed by atoms with Crippen LogP contribution >= 0.6 is 0 Å². The monoisotopic (exact) mass is 429 g/mol. The van der Waals surface area contributed by atoms with E-state index in [9.17, 15) is 18.4 Å². The lowest BCUT2D eigenvalue weighted by atomic mass is 9.84. The molecule has 0 fully saturated rings. The summed E-state index contributed by atoms with van der Waals surface area (Å²) in [5, 5.41) is 0. The number of nitrogens with zero attached hydrogens (tertiary/aromatic N) is 1. The fraction of sp³-hybridized carbons (Fsp3) is 0.440. The van der Waals surface area contributed by atoms with Gasteiger partial charge in [0.25, 0.3) is 0 Å². The molecule has 2 aromatic rings. The molecule has 0 heterocycles. The standard InChI is InChI=1S/C25H29F2NO3/c1-15(2)28(24(30)31-25(3,4)5)14-22(29)23-18-8-6-10-20(26)16(18)12-13-17-19(23)9-7-11-21(17)27/h6-11,15,23H,12-14H2,1-5H3. The van der Waals surface area contributed by atoms with Gasteiger partial charge in [-0.25, -0.2) is 13.6 Å². The number of amides is 1. The van der Waals surface area contributed by atoms with Crippen molar-refractivity contribution in [1.29, 1.82) is 0 Å². The van der Waals surface area contributed by atoms with Crippen LogP contribution in [0.1, 0.15) is 62.8 Å². The summed E-state index contributed by atoms with van der Waals surface area (Å²) < 4.78 is 34.7. The minimum atomic E-state index is -0.859. The van der Waals surface area contributed by atoms with Gasteiger partial charge in [-0.1, -0.05) is 24.3 Å². The molecule has 1 amide bonds. The van der Waals surface area contributed by atoms with Crippen LogP contribution in [0.3, 0.4) is 0 Å². The third kappa shape index (κ3) is 4.94. The summed E-state index contributed by atoms with van der Waals surface area (Å²) in [6.45, 7) is 8.65. The maximum absolute atomic E-state index is 14.6. The second-order valence-corrected chi connectivity index (χ2v) is 9.22. The molecule has 31 heavy (non-hydrogen) atoms. The summed E-state index contributed by atoms with van der Waals surface area (Å²) in [5.74, 6) is -1.98. The van der Waals surface area contributed by atoms with E-state index in [4.69, 9.17) is 4.74 Å². The van der Waals surface area contributed by atoms with Crippen LogP contribution in [0.15, 0.2) is 36.4 Å². The highest BCUT2D eigenvalue weighted by molar-refractivity contribution is 5.93. The number of hydrogen-bond donors (Lipinski definition) is 0. The van der Waals surface area contributed by atoms with E-state index in [0.717, 1.165) is 0 Å². The summed E-state index contributed by atoms with van der Waals surface area (Å²) in [6.07, 6.45) is 0.0164. The molecular formula is C25H29F2NO3. The number of hydrogen-bond acceptors (Lipinski definition) is 3. The van der Waals surface area contributed by atoms with E-state index in [1.807, 2.05) is 0 Å². The molecule has 166 valence electrons. The Morgan fingerprint density at radius 1 is 1.00 bits per heavy atom. The number of carbonyl (C=O) groups excluding carboxylic acids is 2. The lowest BCUT2D eigenvalue weighted by molar-refractivity contribution is -0.121. The van der Waals surface area contributed by atoms with Gasteiger partial charge in [0.1, 0.15) is 17.2 Å². The first-order chi connectivity index (χ1) is 14.5. The second-order valence-electron chi connectivity index (χ2n) is 9.22. The number of halogens is 2. The number of carbonyl (C=O) groups is 2. The Balaban J connectivity index is 2.04. The third-order valence-corrected chi connectivity index (χ3v) is 5.46. The summed E-state index contributed by atoms with van der Waals surface area (Å²) in [4.78, 5) is 27.7. The number of ether oxygens (including phenoxy) is 1. The van der Waals surface area contributed by atoms with Crippen LogP contribution in [0.4, 0.5) is 13.6 Å². The number of rotatable bonds is 4.